The van der Waals surface area contributed by atoms with Crippen molar-refractivity contribution in [3.8, 4) is 6.07 Å². The highest BCUT2D eigenvalue weighted by Gasteiger charge is 2.25. The van der Waals surface area contributed by atoms with Crippen LogP contribution in [0.2, 0.25) is 0 Å². The van der Waals surface area contributed by atoms with Crippen LogP contribution in [0.25, 0.3) is 0 Å². The molecule has 1 amide bonds. The lowest BCUT2D eigenvalue weighted by molar-refractivity contribution is 0.0713. The van der Waals surface area contributed by atoms with Gasteiger partial charge in [-0.15, -0.1) is 0 Å². The summed E-state index contributed by atoms with van der Waals surface area (Å²) in [6.07, 6.45) is 1.76. The van der Waals surface area contributed by atoms with Gasteiger partial charge in [-0.25, -0.2) is 0 Å². The molecule has 0 bridgehead atoms. The molecule has 0 unspecified atom stereocenters. The normalized spacial score (nSPS) is 15.1. The third-order valence-corrected chi connectivity index (χ3v) is 4.83. The van der Waals surface area contributed by atoms with Gasteiger partial charge in [0.15, 0.2) is 0 Å². The van der Waals surface area contributed by atoms with Crippen molar-refractivity contribution in [2.45, 2.75) is 25.7 Å². The van der Waals surface area contributed by atoms with E-state index < -0.39 is 0 Å². The largest absolute Gasteiger partial charge is 0.398 e. The van der Waals surface area contributed by atoms with Crippen LogP contribution < -0.4 is 5.73 Å². The van der Waals surface area contributed by atoms with Gasteiger partial charge in [0.25, 0.3) is 5.91 Å². The molecule has 122 valence electrons. The molecular formula is C20H21N3O. The zero-order valence-corrected chi connectivity index (χ0v) is 13.8. The van der Waals surface area contributed by atoms with Crippen molar-refractivity contribution in [2.75, 3.05) is 18.8 Å². The molecule has 4 heteroatoms. The van der Waals surface area contributed by atoms with Gasteiger partial charge >= 0.3 is 0 Å². The lowest BCUT2D eigenvalue weighted by Gasteiger charge is -2.32. The average molecular weight is 319 g/mol. The van der Waals surface area contributed by atoms with Crippen LogP contribution >= 0.6 is 0 Å². The van der Waals surface area contributed by atoms with Gasteiger partial charge in [0.05, 0.1) is 11.6 Å². The Morgan fingerprint density at radius 3 is 2.58 bits per heavy atom. The number of benzene rings is 2. The van der Waals surface area contributed by atoms with Gasteiger partial charge in [0, 0.05) is 24.3 Å². The van der Waals surface area contributed by atoms with Crippen LogP contribution in [0.3, 0.4) is 0 Å². The molecule has 1 aliphatic heterocycles. The third-order valence-electron chi connectivity index (χ3n) is 4.83. The van der Waals surface area contributed by atoms with Crippen molar-refractivity contribution in [1.82, 2.24) is 4.90 Å². The number of amides is 1. The van der Waals surface area contributed by atoms with E-state index >= 15 is 0 Å². The average Bonchev–Trinajstić information content (AvgIpc) is 2.63. The maximum absolute atomic E-state index is 12.6. The maximum Gasteiger partial charge on any atom is 0.253 e. The highest BCUT2D eigenvalue weighted by molar-refractivity contribution is 5.95. The summed E-state index contributed by atoms with van der Waals surface area (Å²) in [6.45, 7) is 3.34. The molecule has 0 saturated carbocycles. The minimum Gasteiger partial charge on any atom is -0.398 e. The van der Waals surface area contributed by atoms with Gasteiger partial charge in [-0.05, 0) is 55.0 Å². The van der Waals surface area contributed by atoms with Crippen LogP contribution in [-0.2, 0) is 0 Å². The van der Waals surface area contributed by atoms with E-state index in [1.807, 2.05) is 48.2 Å². The number of carbonyl (C=O) groups is 1. The van der Waals surface area contributed by atoms with Crippen LogP contribution in [-0.4, -0.2) is 23.9 Å². The van der Waals surface area contributed by atoms with Crippen molar-refractivity contribution < 1.29 is 4.79 Å². The predicted molar refractivity (Wildman–Crippen MR) is 94.6 cm³/mol. The first-order chi connectivity index (χ1) is 11.6. The Kier molecular flexibility index (Phi) is 4.52. The highest BCUT2D eigenvalue weighted by atomic mass is 16.2. The lowest BCUT2D eigenvalue weighted by atomic mass is 9.86. The zero-order valence-electron chi connectivity index (χ0n) is 13.8. The number of nitriles is 1. The van der Waals surface area contributed by atoms with E-state index in [1.165, 1.54) is 0 Å². The quantitative estimate of drug-likeness (QED) is 0.862. The number of nitrogens with zero attached hydrogens (tertiary/aromatic N) is 2. The topological polar surface area (TPSA) is 70.1 Å². The Labute approximate surface area is 142 Å². The first-order valence-electron chi connectivity index (χ1n) is 8.24. The monoisotopic (exact) mass is 319 g/mol. The number of piperidine rings is 1. The van der Waals surface area contributed by atoms with Gasteiger partial charge in [0.2, 0.25) is 0 Å². The Hall–Kier alpha value is -2.80. The Bertz CT molecular complexity index is 799. The fraction of sp³-hybridized carbons (Fsp3) is 0.300. The summed E-state index contributed by atoms with van der Waals surface area (Å²) in [5.74, 6) is 0.377. The van der Waals surface area contributed by atoms with Crippen LogP contribution in [0.4, 0.5) is 5.69 Å². The molecule has 2 N–H and O–H groups in total. The molecule has 0 spiro atoms. The van der Waals surface area contributed by atoms with Crippen LogP contribution in [0, 0.1) is 18.3 Å². The number of carbonyl (C=O) groups excluding carboxylic acids is 1. The first kappa shape index (κ1) is 16.1. The van der Waals surface area contributed by atoms with Gasteiger partial charge in [-0.3, -0.25) is 4.79 Å². The fourth-order valence-electron chi connectivity index (χ4n) is 3.30. The SMILES string of the molecule is Cc1ccc(C(=O)N2CCC(c3ccccc3C#N)CC2)cc1N. The maximum atomic E-state index is 12.6. The highest BCUT2D eigenvalue weighted by Crippen LogP contribution is 2.30. The van der Waals surface area contributed by atoms with Crippen LogP contribution in [0.1, 0.15) is 45.8 Å². The van der Waals surface area contributed by atoms with Crippen LogP contribution in [0.15, 0.2) is 42.5 Å². The molecular weight excluding hydrogens is 298 g/mol. The molecule has 1 fully saturated rings. The van der Waals surface area contributed by atoms with Gasteiger partial charge in [-0.1, -0.05) is 24.3 Å². The molecule has 4 nitrogen and oxygen atoms in total. The van der Waals surface area contributed by atoms with Crippen molar-refractivity contribution in [3.05, 3.63) is 64.7 Å². The predicted octanol–water partition coefficient (Wildman–Crippen LogP) is 3.47. The number of rotatable bonds is 2. The Morgan fingerprint density at radius 1 is 1.21 bits per heavy atom. The number of aryl methyl sites for hydroxylation is 1. The van der Waals surface area contributed by atoms with Gasteiger partial charge in [0.1, 0.15) is 0 Å². The molecule has 0 aliphatic carbocycles. The van der Waals surface area contributed by atoms with Crippen molar-refractivity contribution in [3.63, 3.8) is 0 Å². The van der Waals surface area contributed by atoms with E-state index in [4.69, 9.17) is 5.73 Å². The van der Waals surface area contributed by atoms with Crippen molar-refractivity contribution in [1.29, 1.82) is 5.26 Å². The number of nitrogens with two attached hydrogens (primary N) is 1. The minimum atomic E-state index is 0.0359. The van der Waals surface area contributed by atoms with Crippen molar-refractivity contribution in [2.24, 2.45) is 0 Å². The van der Waals surface area contributed by atoms with Gasteiger partial charge in [-0.2, -0.15) is 5.26 Å². The summed E-state index contributed by atoms with van der Waals surface area (Å²) in [6, 6.07) is 15.5. The smallest absolute Gasteiger partial charge is 0.253 e. The summed E-state index contributed by atoms with van der Waals surface area (Å²) >= 11 is 0. The zero-order chi connectivity index (χ0) is 17.1. The molecule has 3 rings (SSSR count). The number of likely N-dealkylation sites (tertiary alicyclic amines) is 1. The Morgan fingerprint density at radius 2 is 1.92 bits per heavy atom. The standard InChI is InChI=1S/C20H21N3O/c1-14-6-7-16(12-19(14)22)20(24)23-10-8-15(9-11-23)18-5-3-2-4-17(18)13-21/h2-7,12,15H,8-11,22H2,1H3. The number of hydrogen-bond acceptors (Lipinski definition) is 3. The number of hydrogen-bond donors (Lipinski definition) is 1. The van der Waals surface area contributed by atoms with E-state index in [0.29, 0.717) is 30.3 Å². The summed E-state index contributed by atoms with van der Waals surface area (Å²) in [5, 5.41) is 9.26. The third kappa shape index (κ3) is 3.11. The molecule has 0 aromatic heterocycles. The van der Waals surface area contributed by atoms with Crippen LogP contribution in [0.5, 0.6) is 0 Å². The molecule has 0 atom stereocenters. The second-order valence-electron chi connectivity index (χ2n) is 6.34. The second-order valence-corrected chi connectivity index (χ2v) is 6.34. The molecule has 1 saturated heterocycles. The summed E-state index contributed by atoms with van der Waals surface area (Å²) < 4.78 is 0. The molecule has 24 heavy (non-hydrogen) atoms. The first-order valence-corrected chi connectivity index (χ1v) is 8.24. The molecule has 2 aromatic rings. The summed E-state index contributed by atoms with van der Waals surface area (Å²) in [5.41, 5.74) is 10.0. The van der Waals surface area contributed by atoms with E-state index in [2.05, 4.69) is 6.07 Å². The molecule has 1 aliphatic rings. The second kappa shape index (κ2) is 6.76. The fourth-order valence-corrected chi connectivity index (χ4v) is 3.30. The number of nitrogen functional groups attached to an aromatic ring is 1. The molecule has 2 aromatic carbocycles. The minimum absolute atomic E-state index is 0.0359. The van der Waals surface area contributed by atoms with E-state index in [0.717, 1.165) is 29.5 Å². The number of anilines is 1. The Balaban J connectivity index is 1.69. The van der Waals surface area contributed by atoms with E-state index in [1.54, 1.807) is 6.07 Å². The molecule has 0 radical (unpaired) electrons. The van der Waals surface area contributed by atoms with E-state index in [-0.39, 0.29) is 5.91 Å². The van der Waals surface area contributed by atoms with Gasteiger partial charge < -0.3 is 10.6 Å². The van der Waals surface area contributed by atoms with Crippen molar-refractivity contribution >= 4 is 11.6 Å². The molecule has 1 heterocycles. The van der Waals surface area contributed by atoms with E-state index in [9.17, 15) is 10.1 Å². The summed E-state index contributed by atoms with van der Waals surface area (Å²) in [7, 11) is 0. The summed E-state index contributed by atoms with van der Waals surface area (Å²) in [4.78, 5) is 14.5. The lowest BCUT2D eigenvalue weighted by Crippen LogP contribution is -2.38.